The lowest BCUT2D eigenvalue weighted by Crippen LogP contribution is -2.40. The first-order valence-electron chi connectivity index (χ1n) is 3.77. The minimum Gasteiger partial charge on any atom is -0.303 e. The standard InChI is InChI=1S/C8H10F2O/c1-6(5-11)2-7(3-6)4-8(7,9)10/h5H,2-4H2,1H3. The number of carbonyl (C=O) groups is 1. The summed E-state index contributed by atoms with van der Waals surface area (Å²) in [7, 11) is 0. The summed E-state index contributed by atoms with van der Waals surface area (Å²) in [5.41, 5.74) is -1.21. The van der Waals surface area contributed by atoms with Crippen molar-refractivity contribution in [3.63, 3.8) is 0 Å². The second-order valence-corrected chi connectivity index (χ2v) is 4.29. The number of halogens is 2. The molecule has 2 saturated carbocycles. The van der Waals surface area contributed by atoms with E-state index in [-0.39, 0.29) is 6.42 Å². The summed E-state index contributed by atoms with van der Waals surface area (Å²) in [6.45, 7) is 1.75. The lowest BCUT2D eigenvalue weighted by molar-refractivity contribution is -0.127. The van der Waals surface area contributed by atoms with Gasteiger partial charge in [0.25, 0.3) is 5.92 Å². The van der Waals surface area contributed by atoms with Crippen LogP contribution < -0.4 is 0 Å². The number of aldehydes is 1. The molecule has 0 bridgehead atoms. The maximum atomic E-state index is 12.6. The molecule has 2 aliphatic carbocycles. The van der Waals surface area contributed by atoms with E-state index in [1.54, 1.807) is 6.92 Å². The van der Waals surface area contributed by atoms with Crippen LogP contribution in [0.25, 0.3) is 0 Å². The molecule has 11 heavy (non-hydrogen) atoms. The highest BCUT2D eigenvalue weighted by Crippen LogP contribution is 2.75. The average molecular weight is 160 g/mol. The smallest absolute Gasteiger partial charge is 0.254 e. The van der Waals surface area contributed by atoms with Crippen molar-refractivity contribution in [1.82, 2.24) is 0 Å². The highest BCUT2D eigenvalue weighted by molar-refractivity contribution is 5.62. The van der Waals surface area contributed by atoms with E-state index in [9.17, 15) is 13.6 Å². The van der Waals surface area contributed by atoms with Crippen LogP contribution in [0.4, 0.5) is 8.78 Å². The van der Waals surface area contributed by atoms with Gasteiger partial charge in [-0.25, -0.2) is 8.78 Å². The molecule has 2 rings (SSSR count). The molecule has 0 aromatic rings. The van der Waals surface area contributed by atoms with Crippen molar-refractivity contribution in [3.8, 4) is 0 Å². The van der Waals surface area contributed by atoms with Gasteiger partial charge >= 0.3 is 0 Å². The van der Waals surface area contributed by atoms with Gasteiger partial charge in [0, 0.05) is 17.3 Å². The fourth-order valence-corrected chi connectivity index (χ4v) is 2.34. The lowest BCUT2D eigenvalue weighted by Gasteiger charge is -2.41. The number of alkyl halides is 2. The Morgan fingerprint density at radius 1 is 1.27 bits per heavy atom. The molecule has 1 spiro atoms. The van der Waals surface area contributed by atoms with E-state index < -0.39 is 16.8 Å². The second kappa shape index (κ2) is 1.50. The Morgan fingerprint density at radius 2 is 1.73 bits per heavy atom. The zero-order valence-corrected chi connectivity index (χ0v) is 6.36. The van der Waals surface area contributed by atoms with E-state index in [1.807, 2.05) is 0 Å². The summed E-state index contributed by atoms with van der Waals surface area (Å²) >= 11 is 0. The van der Waals surface area contributed by atoms with E-state index in [0.717, 1.165) is 6.29 Å². The third-order valence-electron chi connectivity index (χ3n) is 2.98. The van der Waals surface area contributed by atoms with Crippen LogP contribution in [0.15, 0.2) is 0 Å². The van der Waals surface area contributed by atoms with Gasteiger partial charge in [-0.3, -0.25) is 0 Å². The highest BCUT2D eigenvalue weighted by Gasteiger charge is 2.78. The lowest BCUT2D eigenvalue weighted by atomic mass is 9.61. The maximum absolute atomic E-state index is 12.6. The maximum Gasteiger partial charge on any atom is 0.254 e. The number of hydrogen-bond acceptors (Lipinski definition) is 1. The summed E-state index contributed by atoms with van der Waals surface area (Å²) in [6, 6.07) is 0. The van der Waals surface area contributed by atoms with Gasteiger partial charge in [-0.05, 0) is 12.8 Å². The molecule has 62 valence electrons. The van der Waals surface area contributed by atoms with Crippen LogP contribution in [0.3, 0.4) is 0 Å². The third kappa shape index (κ3) is 0.713. The summed E-state index contributed by atoms with van der Waals surface area (Å²) < 4.78 is 25.2. The minimum absolute atomic E-state index is 0.00340. The monoisotopic (exact) mass is 160 g/mol. The molecular weight excluding hydrogens is 150 g/mol. The van der Waals surface area contributed by atoms with Crippen molar-refractivity contribution in [1.29, 1.82) is 0 Å². The van der Waals surface area contributed by atoms with E-state index in [2.05, 4.69) is 0 Å². The minimum atomic E-state index is -2.46. The van der Waals surface area contributed by atoms with Crippen LogP contribution in [0.5, 0.6) is 0 Å². The van der Waals surface area contributed by atoms with Crippen LogP contribution in [-0.4, -0.2) is 12.2 Å². The van der Waals surface area contributed by atoms with Crippen molar-refractivity contribution in [2.75, 3.05) is 0 Å². The number of carbonyl (C=O) groups excluding carboxylic acids is 1. The fourth-order valence-electron chi connectivity index (χ4n) is 2.34. The van der Waals surface area contributed by atoms with Gasteiger partial charge in [0.2, 0.25) is 0 Å². The summed E-state index contributed by atoms with van der Waals surface area (Å²) in [5, 5.41) is 0. The first-order chi connectivity index (χ1) is 4.93. The van der Waals surface area contributed by atoms with E-state index in [0.29, 0.717) is 12.8 Å². The topological polar surface area (TPSA) is 17.1 Å². The Balaban J connectivity index is 2.05. The van der Waals surface area contributed by atoms with Crippen molar-refractivity contribution in [3.05, 3.63) is 0 Å². The largest absolute Gasteiger partial charge is 0.303 e. The summed E-state index contributed by atoms with van der Waals surface area (Å²) in [4.78, 5) is 10.4. The molecule has 0 aromatic heterocycles. The molecule has 0 aliphatic heterocycles. The third-order valence-corrected chi connectivity index (χ3v) is 2.98. The zero-order valence-electron chi connectivity index (χ0n) is 6.36. The Hall–Kier alpha value is -0.470. The van der Waals surface area contributed by atoms with Crippen molar-refractivity contribution >= 4 is 6.29 Å². The first kappa shape index (κ1) is 7.19. The van der Waals surface area contributed by atoms with Crippen LogP contribution in [0, 0.1) is 10.8 Å². The van der Waals surface area contributed by atoms with Gasteiger partial charge in [0.15, 0.2) is 0 Å². The normalized spacial score (nSPS) is 51.9. The molecule has 2 fully saturated rings. The predicted molar refractivity (Wildman–Crippen MR) is 35.4 cm³/mol. The predicted octanol–water partition coefficient (Wildman–Crippen LogP) is 2.01. The molecule has 0 heterocycles. The van der Waals surface area contributed by atoms with Gasteiger partial charge in [0.1, 0.15) is 6.29 Å². The summed E-state index contributed by atoms with van der Waals surface area (Å²) in [6.07, 6.45) is 1.59. The molecule has 0 aromatic carbocycles. The molecule has 0 atom stereocenters. The fraction of sp³-hybridized carbons (Fsp3) is 0.875. The average Bonchev–Trinajstić information content (AvgIpc) is 2.33. The van der Waals surface area contributed by atoms with Gasteiger partial charge < -0.3 is 4.79 Å². The van der Waals surface area contributed by atoms with Gasteiger partial charge in [-0.15, -0.1) is 0 Å². The molecule has 0 saturated heterocycles. The van der Waals surface area contributed by atoms with Gasteiger partial charge in [0.05, 0.1) is 0 Å². The molecule has 3 heteroatoms. The van der Waals surface area contributed by atoms with E-state index >= 15 is 0 Å². The Bertz CT molecular complexity index is 216. The second-order valence-electron chi connectivity index (χ2n) is 4.29. The number of hydrogen-bond donors (Lipinski definition) is 0. The highest BCUT2D eigenvalue weighted by atomic mass is 19.3. The summed E-state index contributed by atoms with van der Waals surface area (Å²) in [5.74, 6) is -2.46. The van der Waals surface area contributed by atoms with E-state index in [4.69, 9.17) is 0 Å². The Morgan fingerprint density at radius 3 is 2.00 bits per heavy atom. The zero-order chi connectivity index (χ0) is 8.33. The quantitative estimate of drug-likeness (QED) is 0.536. The van der Waals surface area contributed by atoms with Gasteiger partial charge in [-0.1, -0.05) is 6.92 Å². The molecule has 0 radical (unpaired) electrons. The van der Waals surface area contributed by atoms with Crippen LogP contribution in [0.1, 0.15) is 26.2 Å². The van der Waals surface area contributed by atoms with Crippen LogP contribution in [-0.2, 0) is 4.79 Å². The molecule has 1 nitrogen and oxygen atoms in total. The molecule has 0 amide bonds. The molecule has 0 unspecified atom stereocenters. The molecular formula is C8H10F2O. The SMILES string of the molecule is CC1(C=O)CC2(C1)CC2(F)F. The van der Waals surface area contributed by atoms with Crippen molar-refractivity contribution in [2.24, 2.45) is 10.8 Å². The van der Waals surface area contributed by atoms with Crippen LogP contribution in [0.2, 0.25) is 0 Å². The van der Waals surface area contributed by atoms with E-state index in [1.165, 1.54) is 0 Å². The van der Waals surface area contributed by atoms with Gasteiger partial charge in [-0.2, -0.15) is 0 Å². The Labute approximate surface area is 63.8 Å². The Kier molecular flexibility index (Phi) is 0.978. The molecule has 2 aliphatic rings. The first-order valence-corrected chi connectivity index (χ1v) is 3.77. The van der Waals surface area contributed by atoms with Crippen molar-refractivity contribution < 1.29 is 13.6 Å². The number of rotatable bonds is 1. The van der Waals surface area contributed by atoms with Crippen molar-refractivity contribution in [2.45, 2.75) is 32.1 Å². The molecule has 0 N–H and O–H groups in total. The van der Waals surface area contributed by atoms with Crippen LogP contribution >= 0.6 is 0 Å².